The average Bonchev–Trinajstić information content (AvgIpc) is 3.15. The highest BCUT2D eigenvalue weighted by atomic mass is 16.6. The Bertz CT molecular complexity index is 973. The lowest BCUT2D eigenvalue weighted by molar-refractivity contribution is -0.889. The minimum atomic E-state index is -1.13. The summed E-state index contributed by atoms with van der Waals surface area (Å²) in [6.07, 6.45) is 43.5. The maximum atomic E-state index is 12.7. The smallest absolute Gasteiger partial charge is 0.306 e. The second-order valence-electron chi connectivity index (χ2n) is 17.0. The van der Waals surface area contributed by atoms with Gasteiger partial charge in [0.05, 0.1) is 40.3 Å². The van der Waals surface area contributed by atoms with E-state index in [4.69, 9.17) is 14.2 Å². The molecule has 2 unspecified atom stereocenters. The van der Waals surface area contributed by atoms with Crippen LogP contribution in [0.5, 0.6) is 0 Å². The van der Waals surface area contributed by atoms with Crippen LogP contribution in [0.1, 0.15) is 213 Å². The summed E-state index contributed by atoms with van der Waals surface area (Å²) in [5.74, 6) is -1.74. The Morgan fingerprint density at radius 3 is 1.32 bits per heavy atom. The Hall–Kier alpha value is -2.19. The van der Waals surface area contributed by atoms with Gasteiger partial charge >= 0.3 is 11.9 Å². The zero-order valence-corrected chi connectivity index (χ0v) is 37.3. The fourth-order valence-corrected chi connectivity index (χ4v) is 6.88. The van der Waals surface area contributed by atoms with Crippen LogP contribution in [-0.2, 0) is 28.6 Å². The second kappa shape index (κ2) is 39.6. The molecule has 0 fully saturated rings. The molecule has 8 nitrogen and oxygen atoms in total. The van der Waals surface area contributed by atoms with Crippen LogP contribution in [0.3, 0.4) is 0 Å². The van der Waals surface area contributed by atoms with Gasteiger partial charge in [-0.2, -0.15) is 0 Å². The molecule has 0 aromatic heterocycles. The fraction of sp³-hybridized carbons (Fsp3) is 0.854. The van der Waals surface area contributed by atoms with Crippen molar-refractivity contribution in [3.8, 4) is 0 Å². The monoisotopic (exact) mass is 792 g/mol. The molecule has 0 aliphatic rings. The lowest BCUT2D eigenvalue weighted by Gasteiger charge is -2.34. The third-order valence-electron chi connectivity index (χ3n) is 10.6. The van der Waals surface area contributed by atoms with Crippen molar-refractivity contribution in [1.82, 2.24) is 0 Å². The van der Waals surface area contributed by atoms with Gasteiger partial charge in [-0.05, 0) is 64.2 Å². The summed E-state index contributed by atoms with van der Waals surface area (Å²) < 4.78 is 17.2. The number of carbonyl (C=O) groups excluding carboxylic acids is 3. The number of ether oxygens (including phenoxy) is 3. The minimum absolute atomic E-state index is 0.0387. The van der Waals surface area contributed by atoms with Gasteiger partial charge in [0.15, 0.2) is 6.10 Å². The first-order valence-corrected chi connectivity index (χ1v) is 23.4. The highest BCUT2D eigenvalue weighted by Crippen LogP contribution is 2.14. The van der Waals surface area contributed by atoms with Gasteiger partial charge in [-0.3, -0.25) is 9.59 Å². The van der Waals surface area contributed by atoms with Gasteiger partial charge < -0.3 is 28.6 Å². The predicted octanol–water partition coefficient (Wildman–Crippen LogP) is 11.5. The Balaban J connectivity index is 4.25. The van der Waals surface area contributed by atoms with Crippen LogP contribution < -0.4 is 5.11 Å². The number of aliphatic carboxylic acids is 1. The summed E-state index contributed by atoms with van der Waals surface area (Å²) in [6, 6.07) is -0.725. The number of allylic oxidation sites excluding steroid dienone is 4. The Kier molecular flexibility index (Phi) is 38.1. The Labute approximate surface area is 345 Å². The van der Waals surface area contributed by atoms with Gasteiger partial charge in [0.1, 0.15) is 12.6 Å². The number of quaternary nitrogens is 1. The molecule has 0 rings (SSSR count). The molecule has 0 spiro atoms. The van der Waals surface area contributed by atoms with Gasteiger partial charge in [0, 0.05) is 19.3 Å². The van der Waals surface area contributed by atoms with E-state index in [2.05, 4.69) is 38.2 Å². The molecule has 0 radical (unpaired) electrons. The highest BCUT2D eigenvalue weighted by Gasteiger charge is 2.25. The molecule has 328 valence electrons. The molecule has 0 aliphatic carbocycles. The van der Waals surface area contributed by atoms with Crippen LogP contribution in [0.15, 0.2) is 24.3 Å². The van der Waals surface area contributed by atoms with Gasteiger partial charge in [0.25, 0.3) is 0 Å². The van der Waals surface area contributed by atoms with Crippen molar-refractivity contribution in [2.75, 3.05) is 41.0 Å². The number of carboxylic acids is 1. The third-order valence-corrected chi connectivity index (χ3v) is 10.6. The number of nitrogens with zero attached hydrogens (tertiary/aromatic N) is 1. The van der Waals surface area contributed by atoms with E-state index < -0.39 is 18.1 Å². The molecular weight excluding hydrogens is 703 g/mol. The molecule has 56 heavy (non-hydrogen) atoms. The number of hydrogen-bond donors (Lipinski definition) is 0. The topological polar surface area (TPSA) is 102 Å². The molecule has 0 heterocycles. The van der Waals surface area contributed by atoms with Crippen molar-refractivity contribution in [2.24, 2.45) is 0 Å². The molecular formula is C48H89NO7. The number of esters is 2. The number of carbonyl (C=O) groups is 3. The predicted molar refractivity (Wildman–Crippen MR) is 231 cm³/mol. The van der Waals surface area contributed by atoms with E-state index in [9.17, 15) is 19.5 Å². The van der Waals surface area contributed by atoms with Gasteiger partial charge in [0.2, 0.25) is 0 Å². The van der Waals surface area contributed by atoms with Crippen LogP contribution in [0, 0.1) is 0 Å². The number of hydrogen-bond acceptors (Lipinski definition) is 7. The van der Waals surface area contributed by atoms with Crippen molar-refractivity contribution in [3.63, 3.8) is 0 Å². The summed E-state index contributed by atoms with van der Waals surface area (Å²) in [6.45, 7) is 4.64. The molecule has 0 aliphatic heterocycles. The molecule has 0 aromatic rings. The summed E-state index contributed by atoms with van der Waals surface area (Å²) in [5, 5.41) is 11.6. The number of carboxylic acid groups (broad SMARTS) is 1. The summed E-state index contributed by atoms with van der Waals surface area (Å²) in [7, 11) is 5.41. The summed E-state index contributed by atoms with van der Waals surface area (Å²) in [4.78, 5) is 36.8. The SMILES string of the molecule is CCCCC/C=C/CCCCCCCC(=O)OC(COCCC(C(=O)[O-])[N+](C)(C)C)COC(=O)CCCCCCCCC/C=C/CCCCCCCCCCC. The molecule has 0 N–H and O–H groups in total. The average molecular weight is 792 g/mol. The minimum Gasteiger partial charge on any atom is -0.544 e. The van der Waals surface area contributed by atoms with E-state index in [1.54, 1.807) is 21.1 Å². The number of likely N-dealkylation sites (N-methyl/N-ethyl adjacent to an activating group) is 1. The maximum Gasteiger partial charge on any atom is 0.306 e. The van der Waals surface area contributed by atoms with Gasteiger partial charge in [-0.1, -0.05) is 154 Å². The van der Waals surface area contributed by atoms with Crippen molar-refractivity contribution < 1.29 is 38.2 Å². The Morgan fingerprint density at radius 1 is 0.518 bits per heavy atom. The zero-order valence-electron chi connectivity index (χ0n) is 37.3. The van der Waals surface area contributed by atoms with Gasteiger partial charge in [-0.25, -0.2) is 0 Å². The lowest BCUT2D eigenvalue weighted by atomic mass is 10.1. The molecule has 2 atom stereocenters. The van der Waals surface area contributed by atoms with Crippen LogP contribution in [0.4, 0.5) is 0 Å². The van der Waals surface area contributed by atoms with Crippen molar-refractivity contribution in [2.45, 2.75) is 225 Å². The van der Waals surface area contributed by atoms with Crippen molar-refractivity contribution in [3.05, 3.63) is 24.3 Å². The number of rotatable bonds is 42. The molecule has 0 aromatic carbocycles. The van der Waals surface area contributed by atoms with E-state index in [1.165, 1.54) is 128 Å². The normalized spacial score (nSPS) is 13.1. The maximum absolute atomic E-state index is 12.7. The summed E-state index contributed by atoms with van der Waals surface area (Å²) in [5.41, 5.74) is 0. The van der Waals surface area contributed by atoms with Crippen LogP contribution in [0.25, 0.3) is 0 Å². The van der Waals surface area contributed by atoms with Crippen molar-refractivity contribution in [1.29, 1.82) is 0 Å². The molecule has 0 bridgehead atoms. The quantitative estimate of drug-likeness (QED) is 0.0262. The highest BCUT2D eigenvalue weighted by molar-refractivity contribution is 5.70. The van der Waals surface area contributed by atoms with E-state index in [0.717, 1.165) is 51.4 Å². The fourth-order valence-electron chi connectivity index (χ4n) is 6.88. The molecule has 8 heteroatoms. The van der Waals surface area contributed by atoms with E-state index in [-0.39, 0.29) is 42.7 Å². The van der Waals surface area contributed by atoms with E-state index in [0.29, 0.717) is 12.8 Å². The van der Waals surface area contributed by atoms with Crippen LogP contribution >= 0.6 is 0 Å². The van der Waals surface area contributed by atoms with E-state index >= 15 is 0 Å². The zero-order chi connectivity index (χ0) is 41.4. The van der Waals surface area contributed by atoms with E-state index in [1.807, 2.05) is 0 Å². The molecule has 0 saturated carbocycles. The van der Waals surface area contributed by atoms with Crippen molar-refractivity contribution >= 4 is 17.9 Å². The van der Waals surface area contributed by atoms with Crippen LogP contribution in [-0.4, -0.2) is 75.5 Å². The Morgan fingerprint density at radius 2 is 0.893 bits per heavy atom. The first-order valence-electron chi connectivity index (χ1n) is 23.4. The standard InChI is InChI=1S/C48H89NO7/c1-6-8-10-12-14-16-18-20-21-22-23-24-25-26-27-29-30-32-34-36-38-46(50)55-43-44(42-54-41-40-45(48(52)53)49(3,4)5)56-47(51)39-37-35-33-31-28-19-17-15-13-11-9-7-2/h15,17,23-24,44-45H,6-14,16,18-22,25-43H2,1-5H3/b17-15+,24-23+. The first-order chi connectivity index (χ1) is 27.1. The van der Waals surface area contributed by atoms with Gasteiger partial charge in [-0.15, -0.1) is 0 Å². The molecule has 0 saturated heterocycles. The first kappa shape index (κ1) is 53.8. The van der Waals surface area contributed by atoms with Crippen LogP contribution in [0.2, 0.25) is 0 Å². The number of unbranched alkanes of at least 4 members (excludes halogenated alkanes) is 24. The lowest BCUT2D eigenvalue weighted by Crippen LogP contribution is -2.55. The third kappa shape index (κ3) is 37.4. The second-order valence-corrected chi connectivity index (χ2v) is 17.0. The largest absolute Gasteiger partial charge is 0.544 e. The summed E-state index contributed by atoms with van der Waals surface area (Å²) >= 11 is 0. The molecule has 0 amide bonds.